The second-order valence-corrected chi connectivity index (χ2v) is 5.97. The second kappa shape index (κ2) is 6.32. The molecule has 2 saturated carbocycles. The largest absolute Gasteiger partial charge is 0.384 e. The Hall–Kier alpha value is -1.79. The molecule has 1 aromatic rings. The molecule has 3 nitrogen and oxygen atoms in total. The molecule has 2 aliphatic rings. The molecule has 0 radical (unpaired) electrons. The fourth-order valence-corrected chi connectivity index (χ4v) is 3.61. The Labute approximate surface area is 125 Å². The summed E-state index contributed by atoms with van der Waals surface area (Å²) in [5, 5.41) is 11.9. The van der Waals surface area contributed by atoms with Crippen LogP contribution in [-0.4, -0.2) is 17.6 Å². The third-order valence-electron chi connectivity index (χ3n) is 4.73. The number of aliphatic hydroxyl groups is 1. The van der Waals surface area contributed by atoms with Crippen LogP contribution in [0.1, 0.15) is 36.8 Å². The summed E-state index contributed by atoms with van der Waals surface area (Å²) in [7, 11) is 0. The van der Waals surface area contributed by atoms with Crippen LogP contribution in [0, 0.1) is 29.6 Å². The van der Waals surface area contributed by atoms with E-state index in [0.717, 1.165) is 11.1 Å². The van der Waals surface area contributed by atoms with Gasteiger partial charge in [0.2, 0.25) is 5.91 Å². The van der Waals surface area contributed by atoms with Crippen molar-refractivity contribution in [2.75, 3.05) is 6.61 Å². The number of aliphatic hydroxyl groups excluding tert-OH is 1. The molecule has 21 heavy (non-hydrogen) atoms. The Morgan fingerprint density at radius 3 is 2.67 bits per heavy atom. The molecule has 2 unspecified atom stereocenters. The first kappa shape index (κ1) is 14.2. The number of fused-ring (bicyclic) bond motifs is 1. The van der Waals surface area contributed by atoms with E-state index in [0.29, 0.717) is 18.4 Å². The van der Waals surface area contributed by atoms with Crippen molar-refractivity contribution in [3.8, 4) is 11.8 Å². The van der Waals surface area contributed by atoms with Crippen LogP contribution < -0.4 is 5.32 Å². The van der Waals surface area contributed by atoms with E-state index in [1.54, 1.807) is 0 Å². The smallest absolute Gasteiger partial charge is 0.223 e. The van der Waals surface area contributed by atoms with Gasteiger partial charge in [-0.05, 0) is 36.3 Å². The lowest BCUT2D eigenvalue weighted by Crippen LogP contribution is -2.25. The fourth-order valence-electron chi connectivity index (χ4n) is 3.61. The van der Waals surface area contributed by atoms with E-state index in [-0.39, 0.29) is 18.4 Å². The molecule has 1 amide bonds. The van der Waals surface area contributed by atoms with Crippen molar-refractivity contribution < 1.29 is 9.90 Å². The van der Waals surface area contributed by atoms with Crippen molar-refractivity contribution in [1.29, 1.82) is 0 Å². The van der Waals surface area contributed by atoms with Crippen LogP contribution in [0.25, 0.3) is 0 Å². The van der Waals surface area contributed by atoms with E-state index in [9.17, 15) is 4.79 Å². The average molecular weight is 283 g/mol. The van der Waals surface area contributed by atoms with Crippen LogP contribution >= 0.6 is 0 Å². The maximum Gasteiger partial charge on any atom is 0.223 e. The van der Waals surface area contributed by atoms with Gasteiger partial charge >= 0.3 is 0 Å². The Morgan fingerprint density at radius 2 is 1.95 bits per heavy atom. The van der Waals surface area contributed by atoms with Gasteiger partial charge in [-0.25, -0.2) is 0 Å². The summed E-state index contributed by atoms with van der Waals surface area (Å²) >= 11 is 0. The molecule has 2 N–H and O–H groups in total. The molecule has 110 valence electrons. The molecule has 2 aliphatic carbocycles. The Balaban J connectivity index is 1.59. The van der Waals surface area contributed by atoms with Gasteiger partial charge in [-0.1, -0.05) is 42.9 Å². The highest BCUT2D eigenvalue weighted by atomic mass is 16.2. The van der Waals surface area contributed by atoms with Gasteiger partial charge in [0.05, 0.1) is 0 Å². The molecular weight excluding hydrogens is 262 g/mol. The molecule has 0 aliphatic heterocycles. The summed E-state index contributed by atoms with van der Waals surface area (Å²) in [6, 6.07) is 7.76. The summed E-state index contributed by atoms with van der Waals surface area (Å²) in [4.78, 5) is 12.3. The average Bonchev–Trinajstić information content (AvgIpc) is 3.26. The Kier molecular flexibility index (Phi) is 4.26. The molecule has 0 aromatic heterocycles. The van der Waals surface area contributed by atoms with Crippen LogP contribution in [0.15, 0.2) is 24.3 Å². The van der Waals surface area contributed by atoms with E-state index >= 15 is 0 Å². The third-order valence-corrected chi connectivity index (χ3v) is 4.73. The molecule has 0 bridgehead atoms. The lowest BCUT2D eigenvalue weighted by Gasteiger charge is -2.07. The Bertz CT molecular complexity index is 572. The lowest BCUT2D eigenvalue weighted by atomic mass is 10.0. The zero-order valence-electron chi connectivity index (χ0n) is 12.1. The highest BCUT2D eigenvalue weighted by Gasteiger charge is 2.54. The van der Waals surface area contributed by atoms with Crippen molar-refractivity contribution in [3.63, 3.8) is 0 Å². The third kappa shape index (κ3) is 3.11. The quantitative estimate of drug-likeness (QED) is 0.835. The minimum Gasteiger partial charge on any atom is -0.384 e. The van der Waals surface area contributed by atoms with Gasteiger partial charge in [0.15, 0.2) is 0 Å². The van der Waals surface area contributed by atoms with Gasteiger partial charge in [-0.15, -0.1) is 0 Å². The molecule has 0 heterocycles. The van der Waals surface area contributed by atoms with E-state index in [1.165, 1.54) is 25.7 Å². The summed E-state index contributed by atoms with van der Waals surface area (Å²) < 4.78 is 0. The van der Waals surface area contributed by atoms with Crippen LogP contribution in [0.3, 0.4) is 0 Å². The molecule has 0 spiro atoms. The van der Waals surface area contributed by atoms with E-state index < -0.39 is 0 Å². The number of amides is 1. The number of benzene rings is 1. The number of carbonyl (C=O) groups excluding carboxylic acids is 1. The van der Waals surface area contributed by atoms with Crippen molar-refractivity contribution in [3.05, 3.63) is 35.4 Å². The number of hydrogen-bond acceptors (Lipinski definition) is 2. The normalized spacial score (nSPS) is 26.2. The highest BCUT2D eigenvalue weighted by Crippen LogP contribution is 2.55. The standard InChI is InChI=1S/C18H21NO2/c20-11-5-8-13-6-1-2-7-14(13)12-19-18(21)17-15-9-3-4-10-16(15)17/h1-2,6-7,15-17,20H,3-4,9-12H2,(H,19,21). The molecule has 2 atom stereocenters. The first-order valence-corrected chi connectivity index (χ1v) is 7.76. The molecular formula is C18H21NO2. The van der Waals surface area contributed by atoms with Crippen LogP contribution in [0.4, 0.5) is 0 Å². The zero-order valence-corrected chi connectivity index (χ0v) is 12.1. The van der Waals surface area contributed by atoms with Crippen molar-refractivity contribution in [2.45, 2.75) is 32.2 Å². The van der Waals surface area contributed by atoms with Gasteiger partial charge < -0.3 is 10.4 Å². The Morgan fingerprint density at radius 1 is 1.24 bits per heavy atom. The zero-order chi connectivity index (χ0) is 14.7. The maximum absolute atomic E-state index is 12.3. The van der Waals surface area contributed by atoms with Crippen LogP contribution in [-0.2, 0) is 11.3 Å². The minimum atomic E-state index is -0.147. The molecule has 3 rings (SSSR count). The SMILES string of the molecule is O=C(NCc1ccccc1C#CCO)C1C2CCCCC21. The van der Waals surface area contributed by atoms with E-state index in [1.807, 2.05) is 24.3 Å². The van der Waals surface area contributed by atoms with Crippen LogP contribution in [0.2, 0.25) is 0 Å². The van der Waals surface area contributed by atoms with Gasteiger partial charge in [-0.2, -0.15) is 0 Å². The lowest BCUT2D eigenvalue weighted by molar-refractivity contribution is -0.123. The molecule has 0 saturated heterocycles. The molecule has 1 aromatic carbocycles. The van der Waals surface area contributed by atoms with Gasteiger partial charge in [0, 0.05) is 18.0 Å². The monoisotopic (exact) mass is 283 g/mol. The summed E-state index contributed by atoms with van der Waals surface area (Å²) in [6.07, 6.45) is 5.01. The fraction of sp³-hybridized carbons (Fsp3) is 0.500. The topological polar surface area (TPSA) is 49.3 Å². The van der Waals surface area contributed by atoms with Gasteiger partial charge in [0.25, 0.3) is 0 Å². The van der Waals surface area contributed by atoms with Crippen molar-refractivity contribution in [2.24, 2.45) is 17.8 Å². The first-order chi connectivity index (χ1) is 10.3. The number of rotatable bonds is 3. The number of nitrogens with one attached hydrogen (secondary N) is 1. The predicted molar refractivity (Wildman–Crippen MR) is 81.2 cm³/mol. The highest BCUT2D eigenvalue weighted by molar-refractivity contribution is 5.82. The minimum absolute atomic E-state index is 0.147. The second-order valence-electron chi connectivity index (χ2n) is 5.97. The van der Waals surface area contributed by atoms with Crippen molar-refractivity contribution in [1.82, 2.24) is 5.32 Å². The first-order valence-electron chi connectivity index (χ1n) is 7.76. The summed E-state index contributed by atoms with van der Waals surface area (Å²) in [5.74, 6) is 7.33. The van der Waals surface area contributed by atoms with Gasteiger partial charge in [0.1, 0.15) is 6.61 Å². The number of carbonyl (C=O) groups is 1. The van der Waals surface area contributed by atoms with E-state index in [2.05, 4.69) is 17.2 Å². The molecule has 2 fully saturated rings. The molecule has 3 heteroatoms. The number of hydrogen-bond donors (Lipinski definition) is 2. The summed E-state index contributed by atoms with van der Waals surface area (Å²) in [5.41, 5.74) is 1.88. The van der Waals surface area contributed by atoms with Gasteiger partial charge in [-0.3, -0.25) is 4.79 Å². The maximum atomic E-state index is 12.3. The summed E-state index contributed by atoms with van der Waals surface area (Å²) in [6.45, 7) is 0.372. The van der Waals surface area contributed by atoms with Crippen LogP contribution in [0.5, 0.6) is 0 Å². The van der Waals surface area contributed by atoms with Crippen molar-refractivity contribution >= 4 is 5.91 Å². The van der Waals surface area contributed by atoms with E-state index in [4.69, 9.17) is 5.11 Å². The predicted octanol–water partition coefficient (Wildman–Crippen LogP) is 2.08.